The van der Waals surface area contributed by atoms with Crippen LogP contribution in [0, 0.1) is 6.92 Å². The highest BCUT2D eigenvalue weighted by molar-refractivity contribution is 6.10. The van der Waals surface area contributed by atoms with Gasteiger partial charge in [-0.2, -0.15) is 0 Å². The first-order chi connectivity index (χ1) is 22.2. The van der Waals surface area contributed by atoms with Gasteiger partial charge in [0.15, 0.2) is 5.82 Å². The molecule has 4 heteroatoms. The summed E-state index contributed by atoms with van der Waals surface area (Å²) in [7, 11) is 0. The van der Waals surface area contributed by atoms with Crippen molar-refractivity contribution in [3.05, 3.63) is 170 Å². The molecule has 0 saturated carbocycles. The van der Waals surface area contributed by atoms with Gasteiger partial charge in [-0.05, 0) is 96.4 Å². The predicted molar refractivity (Wildman–Crippen MR) is 187 cm³/mol. The van der Waals surface area contributed by atoms with Gasteiger partial charge in [-0.25, -0.2) is 9.97 Å². The third-order valence-corrected chi connectivity index (χ3v) is 8.40. The lowest BCUT2D eigenvalue weighted by atomic mass is 10.00. The van der Waals surface area contributed by atoms with Crippen LogP contribution >= 0.6 is 0 Å². The number of nitrogens with zero attached hydrogens (tertiary/aromatic N) is 4. The lowest BCUT2D eigenvalue weighted by molar-refractivity contribution is 1.15. The quantitative estimate of drug-likeness (QED) is 0.197. The van der Waals surface area contributed by atoms with E-state index in [4.69, 9.17) is 0 Å². The van der Waals surface area contributed by atoms with Crippen molar-refractivity contribution in [2.75, 3.05) is 4.90 Å². The van der Waals surface area contributed by atoms with E-state index in [1.54, 1.807) is 12.4 Å². The highest BCUT2D eigenvalue weighted by Gasteiger charge is 2.18. The fraction of sp³-hybridized carbons (Fsp3) is 0.0244. The summed E-state index contributed by atoms with van der Waals surface area (Å²) in [6.07, 6.45) is 3.56. The molecule has 8 aromatic rings. The minimum absolute atomic E-state index is 0.732. The van der Waals surface area contributed by atoms with Gasteiger partial charge in [-0.15, -0.1) is 0 Å². The summed E-state index contributed by atoms with van der Waals surface area (Å²) >= 11 is 0. The lowest BCUT2D eigenvalue weighted by Crippen LogP contribution is -2.09. The van der Waals surface area contributed by atoms with Crippen molar-refractivity contribution in [1.82, 2.24) is 14.5 Å². The van der Waals surface area contributed by atoms with Crippen LogP contribution in [-0.2, 0) is 0 Å². The number of fused-ring (bicyclic) bond motifs is 3. The lowest BCUT2D eigenvalue weighted by Gasteiger charge is -2.25. The van der Waals surface area contributed by atoms with Gasteiger partial charge in [0.1, 0.15) is 0 Å². The zero-order chi connectivity index (χ0) is 30.2. The van der Waals surface area contributed by atoms with Crippen molar-refractivity contribution < 1.29 is 0 Å². The third kappa shape index (κ3) is 4.83. The summed E-state index contributed by atoms with van der Waals surface area (Å²) in [5.41, 5.74) is 11.4. The largest absolute Gasteiger partial charge is 0.310 e. The second kappa shape index (κ2) is 11.3. The standard InChI is InChI=1S/C41H30N4/c1-29-26-31(30-12-10-13-32(27-30)41-42-24-11-25-43-41)20-22-38(29)45-39-19-9-8-18-36(39)37-28-35(21-23-40(37)45)44(33-14-4-2-5-15-33)34-16-6-3-7-17-34/h2-28H,1H3. The van der Waals surface area contributed by atoms with Crippen LogP contribution in [0.1, 0.15) is 5.56 Å². The van der Waals surface area contributed by atoms with Gasteiger partial charge in [-0.3, -0.25) is 0 Å². The van der Waals surface area contributed by atoms with Gasteiger partial charge >= 0.3 is 0 Å². The van der Waals surface area contributed by atoms with E-state index < -0.39 is 0 Å². The number of benzene rings is 6. The van der Waals surface area contributed by atoms with Crippen molar-refractivity contribution in [3.8, 4) is 28.2 Å². The number of aromatic nitrogens is 3. The van der Waals surface area contributed by atoms with Crippen molar-refractivity contribution in [1.29, 1.82) is 0 Å². The van der Waals surface area contributed by atoms with Crippen LogP contribution in [-0.4, -0.2) is 14.5 Å². The third-order valence-electron chi connectivity index (χ3n) is 8.40. The van der Waals surface area contributed by atoms with Crippen molar-refractivity contribution in [3.63, 3.8) is 0 Å². The van der Waals surface area contributed by atoms with Crippen LogP contribution in [0.25, 0.3) is 50.0 Å². The molecular weight excluding hydrogens is 548 g/mol. The molecule has 0 saturated heterocycles. The van der Waals surface area contributed by atoms with E-state index in [9.17, 15) is 0 Å². The van der Waals surface area contributed by atoms with Crippen molar-refractivity contribution >= 4 is 38.9 Å². The molecule has 8 rings (SSSR count). The van der Waals surface area contributed by atoms with E-state index in [1.165, 1.54) is 38.6 Å². The Morgan fingerprint density at radius 1 is 0.467 bits per heavy atom. The summed E-state index contributed by atoms with van der Waals surface area (Å²) in [6.45, 7) is 2.20. The summed E-state index contributed by atoms with van der Waals surface area (Å²) in [4.78, 5) is 11.2. The fourth-order valence-electron chi connectivity index (χ4n) is 6.33. The number of para-hydroxylation sites is 3. The number of hydrogen-bond donors (Lipinski definition) is 0. The van der Waals surface area contributed by atoms with E-state index in [0.717, 1.165) is 34.0 Å². The van der Waals surface area contributed by atoms with Gasteiger partial charge in [0, 0.05) is 51.5 Å². The van der Waals surface area contributed by atoms with E-state index in [-0.39, 0.29) is 0 Å². The Bertz CT molecular complexity index is 2230. The van der Waals surface area contributed by atoms with Crippen LogP contribution in [0.2, 0.25) is 0 Å². The van der Waals surface area contributed by atoms with E-state index in [0.29, 0.717) is 0 Å². The molecular formula is C41H30N4. The zero-order valence-corrected chi connectivity index (χ0v) is 24.9. The Kier molecular flexibility index (Phi) is 6.65. The molecule has 0 aliphatic rings. The number of rotatable bonds is 6. The summed E-state index contributed by atoms with van der Waals surface area (Å²) in [5, 5.41) is 2.45. The second-order valence-electron chi connectivity index (χ2n) is 11.2. The van der Waals surface area contributed by atoms with Crippen LogP contribution in [0.3, 0.4) is 0 Å². The monoisotopic (exact) mass is 578 g/mol. The molecule has 0 unspecified atom stereocenters. The van der Waals surface area contributed by atoms with Crippen molar-refractivity contribution in [2.45, 2.75) is 6.92 Å². The smallest absolute Gasteiger partial charge is 0.159 e. The first-order valence-electron chi connectivity index (χ1n) is 15.2. The SMILES string of the molecule is Cc1cc(-c2cccc(-c3ncccn3)c2)ccc1-n1c2ccccc2c2cc(N(c3ccccc3)c3ccccc3)ccc21. The minimum atomic E-state index is 0.732. The Morgan fingerprint density at radius 3 is 1.84 bits per heavy atom. The molecule has 0 bridgehead atoms. The predicted octanol–water partition coefficient (Wildman–Crippen LogP) is 10.7. The highest BCUT2D eigenvalue weighted by atomic mass is 15.1. The first-order valence-corrected chi connectivity index (χ1v) is 15.2. The normalized spacial score (nSPS) is 11.2. The maximum atomic E-state index is 4.44. The van der Waals surface area contributed by atoms with Gasteiger partial charge in [0.25, 0.3) is 0 Å². The molecule has 0 radical (unpaired) electrons. The Balaban J connectivity index is 1.25. The molecule has 214 valence electrons. The minimum Gasteiger partial charge on any atom is -0.310 e. The molecule has 0 aliphatic heterocycles. The molecule has 0 N–H and O–H groups in total. The Hall–Kier alpha value is -6.00. The molecule has 0 fully saturated rings. The van der Waals surface area contributed by atoms with Gasteiger partial charge in [0.2, 0.25) is 0 Å². The van der Waals surface area contributed by atoms with Crippen LogP contribution < -0.4 is 4.90 Å². The second-order valence-corrected chi connectivity index (χ2v) is 11.2. The highest BCUT2D eigenvalue weighted by Crippen LogP contribution is 2.40. The summed E-state index contributed by atoms with van der Waals surface area (Å²) in [5.74, 6) is 0.732. The zero-order valence-electron chi connectivity index (χ0n) is 24.9. The maximum absolute atomic E-state index is 4.44. The molecule has 2 heterocycles. The topological polar surface area (TPSA) is 34.0 Å². The molecule has 0 spiro atoms. The van der Waals surface area contributed by atoms with E-state index in [1.807, 2.05) is 6.07 Å². The maximum Gasteiger partial charge on any atom is 0.159 e. The molecule has 0 aliphatic carbocycles. The number of anilines is 3. The number of aryl methyl sites for hydroxylation is 1. The van der Waals surface area contributed by atoms with Crippen LogP contribution in [0.4, 0.5) is 17.1 Å². The first kappa shape index (κ1) is 26.6. The van der Waals surface area contributed by atoms with E-state index in [2.05, 4.69) is 172 Å². The van der Waals surface area contributed by atoms with E-state index >= 15 is 0 Å². The van der Waals surface area contributed by atoms with Crippen LogP contribution in [0.15, 0.2) is 164 Å². The van der Waals surface area contributed by atoms with Gasteiger partial charge in [0.05, 0.1) is 11.0 Å². The van der Waals surface area contributed by atoms with Crippen LogP contribution in [0.5, 0.6) is 0 Å². The average molecular weight is 579 g/mol. The molecule has 0 amide bonds. The molecule has 2 aromatic heterocycles. The molecule has 4 nitrogen and oxygen atoms in total. The molecule has 0 atom stereocenters. The Morgan fingerprint density at radius 2 is 1.11 bits per heavy atom. The molecule has 45 heavy (non-hydrogen) atoms. The van der Waals surface area contributed by atoms with Gasteiger partial charge in [-0.1, -0.05) is 78.9 Å². The molecule has 6 aromatic carbocycles. The summed E-state index contributed by atoms with van der Waals surface area (Å²) < 4.78 is 2.40. The summed E-state index contributed by atoms with van der Waals surface area (Å²) in [6, 6.07) is 53.7. The Labute approximate surface area is 262 Å². The number of hydrogen-bond acceptors (Lipinski definition) is 3. The fourth-order valence-corrected chi connectivity index (χ4v) is 6.33. The average Bonchev–Trinajstić information content (AvgIpc) is 3.43. The van der Waals surface area contributed by atoms with Crippen molar-refractivity contribution in [2.24, 2.45) is 0 Å². The van der Waals surface area contributed by atoms with Gasteiger partial charge < -0.3 is 9.47 Å².